The number of ketones is 1. The molecule has 25 heavy (non-hydrogen) atoms. The minimum atomic E-state index is -0.0895. The zero-order chi connectivity index (χ0) is 17.8. The van der Waals surface area contributed by atoms with Gasteiger partial charge in [-0.1, -0.05) is 47.3 Å². The van der Waals surface area contributed by atoms with E-state index in [-0.39, 0.29) is 17.3 Å². The number of hydrogen-bond donors (Lipinski definition) is 0. The summed E-state index contributed by atoms with van der Waals surface area (Å²) in [5.41, 5.74) is 1.78. The second-order valence-electron chi connectivity index (χ2n) is 7.05. The number of aromatic nitrogens is 1. The fraction of sp³-hybridized carbons (Fsp3) is 0.429. The average Bonchev–Trinajstić information content (AvgIpc) is 2.63. The Morgan fingerprint density at radius 2 is 1.80 bits per heavy atom. The Morgan fingerprint density at radius 1 is 1.12 bits per heavy atom. The molecule has 1 aromatic carbocycles. The Hall–Kier alpha value is -1.68. The maximum atomic E-state index is 12.9. The summed E-state index contributed by atoms with van der Waals surface area (Å²) in [6.07, 6.45) is 8.37. The summed E-state index contributed by atoms with van der Waals surface area (Å²) in [4.78, 5) is 24.4. The van der Waals surface area contributed by atoms with Crippen LogP contribution in [0.5, 0.6) is 0 Å². The van der Waals surface area contributed by atoms with Crippen molar-refractivity contribution in [3.63, 3.8) is 0 Å². The van der Waals surface area contributed by atoms with E-state index < -0.39 is 0 Å². The van der Waals surface area contributed by atoms with Gasteiger partial charge in [0.15, 0.2) is 5.78 Å². The van der Waals surface area contributed by atoms with Gasteiger partial charge in [0.25, 0.3) is 0 Å². The standard InChI is InChI=1S/C21H24BrNO2/c1-23-14-17(9-12-21(23)25)20(24)13-19(15-5-3-2-4-6-15)16-7-10-18(22)11-8-16/h7-12,14-15,19H,2-6,13H2,1H3. The molecule has 1 aliphatic rings. The van der Waals surface area contributed by atoms with Gasteiger partial charge in [0.2, 0.25) is 5.56 Å². The van der Waals surface area contributed by atoms with E-state index in [0.29, 0.717) is 17.9 Å². The highest BCUT2D eigenvalue weighted by Gasteiger charge is 2.27. The van der Waals surface area contributed by atoms with Crippen molar-refractivity contribution in [2.45, 2.75) is 44.4 Å². The first kappa shape index (κ1) is 18.1. The van der Waals surface area contributed by atoms with Gasteiger partial charge < -0.3 is 4.57 Å². The Balaban J connectivity index is 1.85. The first-order valence-electron chi connectivity index (χ1n) is 9.00. The molecule has 0 N–H and O–H groups in total. The van der Waals surface area contributed by atoms with Crippen molar-refractivity contribution < 1.29 is 4.79 Å². The Kier molecular flexibility index (Phi) is 5.89. The molecule has 0 bridgehead atoms. The third kappa shape index (κ3) is 4.49. The largest absolute Gasteiger partial charge is 0.318 e. The summed E-state index contributed by atoms with van der Waals surface area (Å²) in [6, 6.07) is 11.5. The highest BCUT2D eigenvalue weighted by atomic mass is 79.9. The van der Waals surface area contributed by atoms with Crippen LogP contribution in [-0.4, -0.2) is 10.4 Å². The van der Waals surface area contributed by atoms with Crippen LogP contribution >= 0.6 is 15.9 Å². The van der Waals surface area contributed by atoms with Crippen molar-refractivity contribution in [3.8, 4) is 0 Å². The molecular formula is C21H24BrNO2. The van der Waals surface area contributed by atoms with Crippen LogP contribution in [0.4, 0.5) is 0 Å². The normalized spacial score (nSPS) is 16.6. The van der Waals surface area contributed by atoms with E-state index in [9.17, 15) is 9.59 Å². The summed E-state index contributed by atoms with van der Waals surface area (Å²) >= 11 is 3.49. The summed E-state index contributed by atoms with van der Waals surface area (Å²) in [6.45, 7) is 0. The lowest BCUT2D eigenvalue weighted by Gasteiger charge is -2.30. The van der Waals surface area contributed by atoms with E-state index in [1.807, 2.05) is 0 Å². The molecule has 1 aromatic heterocycles. The first-order valence-corrected chi connectivity index (χ1v) is 9.79. The molecule has 3 rings (SSSR count). The molecule has 4 heteroatoms. The molecule has 0 amide bonds. The summed E-state index contributed by atoms with van der Waals surface area (Å²) in [5, 5.41) is 0. The van der Waals surface area contributed by atoms with E-state index in [4.69, 9.17) is 0 Å². The molecule has 132 valence electrons. The summed E-state index contributed by atoms with van der Waals surface area (Å²) in [7, 11) is 1.69. The van der Waals surface area contributed by atoms with Gasteiger partial charge in [0.05, 0.1) is 0 Å². The number of nitrogens with zero attached hydrogens (tertiary/aromatic N) is 1. The van der Waals surface area contributed by atoms with E-state index >= 15 is 0 Å². The second-order valence-corrected chi connectivity index (χ2v) is 7.97. The zero-order valence-electron chi connectivity index (χ0n) is 14.6. The number of rotatable bonds is 5. The van der Waals surface area contributed by atoms with E-state index in [0.717, 1.165) is 4.47 Å². The Morgan fingerprint density at radius 3 is 2.44 bits per heavy atom. The monoisotopic (exact) mass is 401 g/mol. The Labute approximate surface area is 157 Å². The third-order valence-electron chi connectivity index (χ3n) is 5.33. The van der Waals surface area contributed by atoms with Gasteiger partial charge in [-0.05, 0) is 48.4 Å². The maximum absolute atomic E-state index is 12.9. The summed E-state index contributed by atoms with van der Waals surface area (Å²) < 4.78 is 2.53. The fourth-order valence-electron chi connectivity index (χ4n) is 3.88. The lowest BCUT2D eigenvalue weighted by molar-refractivity contribution is 0.0957. The van der Waals surface area contributed by atoms with Crippen LogP contribution in [0.25, 0.3) is 0 Å². The van der Waals surface area contributed by atoms with Gasteiger partial charge >= 0.3 is 0 Å². The molecule has 1 saturated carbocycles. The molecule has 0 saturated heterocycles. The summed E-state index contributed by atoms with van der Waals surface area (Å²) in [5.74, 6) is 0.929. The number of benzene rings is 1. The Bertz CT molecular complexity index is 788. The molecule has 1 fully saturated rings. The quantitative estimate of drug-likeness (QED) is 0.654. The lowest BCUT2D eigenvalue weighted by Crippen LogP contribution is -2.21. The number of Topliss-reactive ketones (excluding diaryl/α,β-unsaturated/α-hetero) is 1. The number of aryl methyl sites for hydroxylation is 1. The van der Waals surface area contributed by atoms with Crippen LogP contribution in [0.3, 0.4) is 0 Å². The number of carbonyl (C=O) groups excluding carboxylic acids is 1. The lowest BCUT2D eigenvalue weighted by atomic mass is 9.74. The van der Waals surface area contributed by atoms with Crippen molar-refractivity contribution in [3.05, 3.63) is 68.5 Å². The first-order chi connectivity index (χ1) is 12.0. The predicted molar refractivity (Wildman–Crippen MR) is 104 cm³/mol. The molecule has 0 radical (unpaired) electrons. The number of halogens is 1. The maximum Gasteiger partial charge on any atom is 0.250 e. The number of hydrogen-bond acceptors (Lipinski definition) is 2. The number of carbonyl (C=O) groups is 1. The van der Waals surface area contributed by atoms with E-state index in [2.05, 4.69) is 40.2 Å². The van der Waals surface area contributed by atoms with E-state index in [1.165, 1.54) is 48.3 Å². The second kappa shape index (κ2) is 8.13. The van der Waals surface area contributed by atoms with Gasteiger partial charge in [0, 0.05) is 35.8 Å². The van der Waals surface area contributed by atoms with Crippen LogP contribution in [0.1, 0.15) is 60.4 Å². The van der Waals surface area contributed by atoms with Gasteiger partial charge in [0.1, 0.15) is 0 Å². The van der Waals surface area contributed by atoms with Crippen LogP contribution < -0.4 is 5.56 Å². The molecule has 0 spiro atoms. The SMILES string of the molecule is Cn1cc(C(=O)CC(c2ccc(Br)cc2)C2CCCCC2)ccc1=O. The number of pyridine rings is 1. The molecule has 1 heterocycles. The highest BCUT2D eigenvalue weighted by Crippen LogP contribution is 2.39. The minimum absolute atomic E-state index is 0.0895. The van der Waals surface area contributed by atoms with Crippen molar-refractivity contribution >= 4 is 21.7 Å². The fourth-order valence-corrected chi connectivity index (χ4v) is 4.14. The molecule has 2 aromatic rings. The van der Waals surface area contributed by atoms with Crippen LogP contribution in [-0.2, 0) is 7.05 Å². The third-order valence-corrected chi connectivity index (χ3v) is 5.86. The minimum Gasteiger partial charge on any atom is -0.318 e. The molecule has 3 nitrogen and oxygen atoms in total. The molecule has 0 aliphatic heterocycles. The molecule has 1 atom stereocenters. The van der Waals surface area contributed by atoms with Gasteiger partial charge in [-0.25, -0.2) is 0 Å². The van der Waals surface area contributed by atoms with Crippen molar-refractivity contribution in [2.75, 3.05) is 0 Å². The topological polar surface area (TPSA) is 39.1 Å². The van der Waals surface area contributed by atoms with Gasteiger partial charge in [-0.3, -0.25) is 9.59 Å². The predicted octanol–water partition coefficient (Wildman–Crippen LogP) is 5.08. The van der Waals surface area contributed by atoms with Crippen LogP contribution in [0.15, 0.2) is 51.9 Å². The van der Waals surface area contributed by atoms with Crippen molar-refractivity contribution in [2.24, 2.45) is 13.0 Å². The average molecular weight is 402 g/mol. The van der Waals surface area contributed by atoms with Crippen LogP contribution in [0, 0.1) is 5.92 Å². The van der Waals surface area contributed by atoms with Crippen molar-refractivity contribution in [1.82, 2.24) is 4.57 Å². The smallest absolute Gasteiger partial charge is 0.250 e. The molecule has 1 unspecified atom stereocenters. The van der Waals surface area contributed by atoms with Crippen molar-refractivity contribution in [1.29, 1.82) is 0 Å². The van der Waals surface area contributed by atoms with Gasteiger partial charge in [-0.2, -0.15) is 0 Å². The molecule has 1 aliphatic carbocycles. The van der Waals surface area contributed by atoms with Gasteiger partial charge in [-0.15, -0.1) is 0 Å². The zero-order valence-corrected chi connectivity index (χ0v) is 16.2. The molecular weight excluding hydrogens is 378 g/mol. The highest BCUT2D eigenvalue weighted by molar-refractivity contribution is 9.10. The van der Waals surface area contributed by atoms with E-state index in [1.54, 1.807) is 19.3 Å². The van der Waals surface area contributed by atoms with Crippen LogP contribution in [0.2, 0.25) is 0 Å².